The topological polar surface area (TPSA) is 52.6 Å². The van der Waals surface area contributed by atoms with E-state index in [0.717, 1.165) is 49.1 Å². The van der Waals surface area contributed by atoms with Gasteiger partial charge in [-0.3, -0.25) is 4.99 Å². The number of para-hydroxylation sites is 1. The number of hydrogen-bond acceptors (Lipinski definition) is 4. The number of aliphatic imine (C=N–C) groups is 1. The Morgan fingerprint density at radius 1 is 1.24 bits per heavy atom. The molecule has 134 valence electrons. The molecule has 3 rings (SSSR count). The summed E-state index contributed by atoms with van der Waals surface area (Å²) in [4.78, 5) is 12.7. The summed E-state index contributed by atoms with van der Waals surface area (Å²) in [6.07, 6.45) is 2.23. The minimum atomic E-state index is 0.464. The average Bonchev–Trinajstić information content (AvgIpc) is 2.97. The summed E-state index contributed by atoms with van der Waals surface area (Å²) in [5, 5.41) is 8.06. The first-order chi connectivity index (χ1) is 12.2. The van der Waals surface area contributed by atoms with Gasteiger partial charge in [-0.1, -0.05) is 18.2 Å². The van der Waals surface area contributed by atoms with Crippen LogP contribution in [0, 0.1) is 13.8 Å². The van der Waals surface area contributed by atoms with Gasteiger partial charge in [0.25, 0.3) is 0 Å². The molecule has 0 radical (unpaired) electrons. The fourth-order valence-corrected chi connectivity index (χ4v) is 3.96. The number of guanidine groups is 1. The molecule has 1 aromatic heterocycles. The Labute approximate surface area is 154 Å². The first kappa shape index (κ1) is 17.7. The van der Waals surface area contributed by atoms with E-state index in [1.165, 1.54) is 10.6 Å². The number of aromatic nitrogens is 1. The lowest BCUT2D eigenvalue weighted by Gasteiger charge is -2.34. The molecule has 1 saturated heterocycles. The molecule has 2 aromatic rings. The Balaban J connectivity index is 1.47. The zero-order valence-electron chi connectivity index (χ0n) is 15.2. The quantitative estimate of drug-likeness (QED) is 0.652. The minimum absolute atomic E-state index is 0.464. The van der Waals surface area contributed by atoms with Crippen molar-refractivity contribution >= 4 is 23.0 Å². The highest BCUT2D eigenvalue weighted by Gasteiger charge is 2.20. The maximum Gasteiger partial charge on any atom is 0.191 e. The third-order valence-electron chi connectivity index (χ3n) is 4.66. The highest BCUT2D eigenvalue weighted by atomic mass is 32.1. The molecule has 1 aliphatic rings. The van der Waals surface area contributed by atoms with Crippen molar-refractivity contribution in [2.24, 2.45) is 4.99 Å². The number of anilines is 1. The van der Waals surface area contributed by atoms with Gasteiger partial charge in [-0.25, -0.2) is 4.98 Å². The Bertz CT molecular complexity index is 682. The summed E-state index contributed by atoms with van der Waals surface area (Å²) in [7, 11) is 1.83. The third kappa shape index (κ3) is 4.72. The van der Waals surface area contributed by atoms with Crippen molar-refractivity contribution < 1.29 is 0 Å². The molecule has 0 aliphatic carbocycles. The van der Waals surface area contributed by atoms with Gasteiger partial charge in [0.2, 0.25) is 0 Å². The maximum atomic E-state index is 4.57. The number of aryl methyl sites for hydroxylation is 2. The van der Waals surface area contributed by atoms with E-state index < -0.39 is 0 Å². The van der Waals surface area contributed by atoms with Crippen LogP contribution in [0.15, 0.2) is 35.3 Å². The molecule has 5 nitrogen and oxygen atoms in total. The molecule has 0 bridgehead atoms. The second kappa shape index (κ2) is 8.34. The van der Waals surface area contributed by atoms with Gasteiger partial charge in [-0.2, -0.15) is 0 Å². The van der Waals surface area contributed by atoms with Gasteiger partial charge in [0.1, 0.15) is 5.01 Å². The number of nitrogens with one attached hydrogen (secondary N) is 2. The number of thiazole rings is 1. The molecule has 0 saturated carbocycles. The van der Waals surface area contributed by atoms with E-state index in [4.69, 9.17) is 0 Å². The molecule has 0 unspecified atom stereocenters. The Morgan fingerprint density at radius 2 is 1.96 bits per heavy atom. The predicted octanol–water partition coefficient (Wildman–Crippen LogP) is 3.09. The molecule has 6 heteroatoms. The number of hydrogen-bond donors (Lipinski definition) is 2. The molecular weight excluding hydrogens is 330 g/mol. The normalized spacial score (nSPS) is 16.1. The lowest BCUT2D eigenvalue weighted by atomic mass is 10.0. The fraction of sp³-hybridized carbons (Fsp3) is 0.474. The summed E-state index contributed by atoms with van der Waals surface area (Å²) in [6.45, 7) is 7.04. The Morgan fingerprint density at radius 3 is 2.56 bits per heavy atom. The van der Waals surface area contributed by atoms with E-state index in [9.17, 15) is 0 Å². The van der Waals surface area contributed by atoms with E-state index in [0.29, 0.717) is 6.04 Å². The molecule has 0 atom stereocenters. The van der Waals surface area contributed by atoms with E-state index in [2.05, 4.69) is 69.7 Å². The van der Waals surface area contributed by atoms with Gasteiger partial charge in [0, 0.05) is 36.7 Å². The summed E-state index contributed by atoms with van der Waals surface area (Å²) < 4.78 is 0. The predicted molar refractivity (Wildman–Crippen MR) is 107 cm³/mol. The first-order valence-corrected chi connectivity index (χ1v) is 9.67. The van der Waals surface area contributed by atoms with Crippen molar-refractivity contribution in [1.29, 1.82) is 0 Å². The van der Waals surface area contributed by atoms with Crippen molar-refractivity contribution in [3.05, 3.63) is 45.9 Å². The van der Waals surface area contributed by atoms with Crippen molar-refractivity contribution in [3.63, 3.8) is 0 Å². The van der Waals surface area contributed by atoms with Crippen LogP contribution in [-0.4, -0.2) is 37.1 Å². The molecule has 1 fully saturated rings. The number of piperidine rings is 1. The van der Waals surface area contributed by atoms with Gasteiger partial charge in [0.15, 0.2) is 5.96 Å². The van der Waals surface area contributed by atoms with E-state index >= 15 is 0 Å². The summed E-state index contributed by atoms with van der Waals surface area (Å²) in [5.74, 6) is 0.865. The molecule has 1 aliphatic heterocycles. The second-order valence-corrected chi connectivity index (χ2v) is 7.70. The lowest BCUT2D eigenvalue weighted by molar-refractivity contribution is 0.461. The SMILES string of the molecule is CN=C(NCc1nc(C)c(C)s1)NC1CCN(c2ccccc2)CC1. The summed E-state index contributed by atoms with van der Waals surface area (Å²) in [5.41, 5.74) is 2.44. The number of nitrogens with zero attached hydrogens (tertiary/aromatic N) is 3. The highest BCUT2D eigenvalue weighted by Crippen LogP contribution is 2.19. The third-order valence-corrected chi connectivity index (χ3v) is 5.73. The average molecular weight is 358 g/mol. The molecule has 2 heterocycles. The van der Waals surface area contributed by atoms with Crippen LogP contribution >= 0.6 is 11.3 Å². The van der Waals surface area contributed by atoms with Crippen LogP contribution in [0.5, 0.6) is 0 Å². The molecule has 0 amide bonds. The van der Waals surface area contributed by atoms with Crippen molar-refractivity contribution in [3.8, 4) is 0 Å². The van der Waals surface area contributed by atoms with Gasteiger partial charge in [0.05, 0.1) is 12.2 Å². The minimum Gasteiger partial charge on any atom is -0.371 e. The van der Waals surface area contributed by atoms with Gasteiger partial charge >= 0.3 is 0 Å². The van der Waals surface area contributed by atoms with Crippen LogP contribution in [0.3, 0.4) is 0 Å². The van der Waals surface area contributed by atoms with Gasteiger partial charge in [-0.15, -0.1) is 11.3 Å². The smallest absolute Gasteiger partial charge is 0.191 e. The van der Waals surface area contributed by atoms with Crippen LogP contribution < -0.4 is 15.5 Å². The van der Waals surface area contributed by atoms with Crippen LogP contribution in [0.25, 0.3) is 0 Å². The molecular formula is C19H27N5S. The van der Waals surface area contributed by atoms with E-state index in [-0.39, 0.29) is 0 Å². The Kier molecular flexibility index (Phi) is 5.91. The van der Waals surface area contributed by atoms with Crippen LogP contribution in [0.4, 0.5) is 5.69 Å². The highest BCUT2D eigenvalue weighted by molar-refractivity contribution is 7.11. The van der Waals surface area contributed by atoms with Crippen LogP contribution in [0.1, 0.15) is 28.4 Å². The van der Waals surface area contributed by atoms with Crippen LogP contribution in [0.2, 0.25) is 0 Å². The van der Waals surface area contributed by atoms with E-state index in [1.54, 1.807) is 11.3 Å². The zero-order chi connectivity index (χ0) is 17.6. The summed E-state index contributed by atoms with van der Waals surface area (Å²) >= 11 is 1.75. The molecule has 0 spiro atoms. The van der Waals surface area contributed by atoms with E-state index in [1.807, 2.05) is 7.05 Å². The first-order valence-electron chi connectivity index (χ1n) is 8.86. The van der Waals surface area contributed by atoms with Crippen LogP contribution in [-0.2, 0) is 6.54 Å². The van der Waals surface area contributed by atoms with Gasteiger partial charge < -0.3 is 15.5 Å². The molecule has 1 aromatic carbocycles. The van der Waals surface area contributed by atoms with Crippen molar-refractivity contribution in [2.75, 3.05) is 25.0 Å². The Hall–Kier alpha value is -2.08. The molecule has 25 heavy (non-hydrogen) atoms. The monoisotopic (exact) mass is 357 g/mol. The fourth-order valence-electron chi connectivity index (χ4n) is 3.08. The number of benzene rings is 1. The zero-order valence-corrected chi connectivity index (χ0v) is 16.1. The van der Waals surface area contributed by atoms with Gasteiger partial charge in [-0.05, 0) is 38.8 Å². The molecule has 2 N–H and O–H groups in total. The summed E-state index contributed by atoms with van der Waals surface area (Å²) in [6, 6.07) is 11.1. The van der Waals surface area contributed by atoms with Crippen molar-refractivity contribution in [1.82, 2.24) is 15.6 Å². The largest absolute Gasteiger partial charge is 0.371 e. The lowest BCUT2D eigenvalue weighted by Crippen LogP contribution is -2.48. The second-order valence-electron chi connectivity index (χ2n) is 6.42. The number of rotatable bonds is 4. The standard InChI is InChI=1S/C19H27N5S/c1-14-15(2)25-18(22-14)13-21-19(20-3)23-16-9-11-24(12-10-16)17-7-5-4-6-8-17/h4-8,16H,9-13H2,1-3H3,(H2,20,21,23). The van der Waals surface area contributed by atoms with Crippen molar-refractivity contribution in [2.45, 2.75) is 39.3 Å². The maximum absolute atomic E-state index is 4.57.